The van der Waals surface area contributed by atoms with E-state index >= 15 is 0 Å². The summed E-state index contributed by atoms with van der Waals surface area (Å²) in [6.07, 6.45) is -0.694. The highest BCUT2D eigenvalue weighted by Crippen LogP contribution is 2.07. The highest BCUT2D eigenvalue weighted by atomic mass is 19.2. The molecule has 0 heterocycles. The molecule has 1 aromatic carbocycles. The summed E-state index contributed by atoms with van der Waals surface area (Å²) < 4.78 is 25.2. The molecule has 1 atom stereocenters. The number of aliphatic hydroxyl groups is 1. The average Bonchev–Trinajstić information content (AvgIpc) is 2.10. The number of rotatable bonds is 4. The third-order valence-electron chi connectivity index (χ3n) is 1.59. The number of nitrogens with one attached hydrogen (secondary N) is 2. The number of benzene rings is 1. The van der Waals surface area contributed by atoms with Crippen molar-refractivity contribution < 1.29 is 13.9 Å². The Labute approximate surface area is 80.7 Å². The van der Waals surface area contributed by atoms with E-state index in [-0.39, 0.29) is 0 Å². The molecule has 0 saturated carbocycles. The van der Waals surface area contributed by atoms with Gasteiger partial charge in [-0.1, -0.05) is 6.07 Å². The molecule has 0 aliphatic heterocycles. The number of hydrogen-bond donors (Lipinski definition) is 3. The molecule has 1 rings (SSSR count). The Morgan fingerprint density at radius 2 is 2.07 bits per heavy atom. The topological polar surface area (TPSA) is 44.3 Å². The highest BCUT2D eigenvalue weighted by Gasteiger charge is 2.02. The zero-order valence-electron chi connectivity index (χ0n) is 7.72. The van der Waals surface area contributed by atoms with Gasteiger partial charge in [0.25, 0.3) is 0 Å². The van der Waals surface area contributed by atoms with Gasteiger partial charge in [0.2, 0.25) is 0 Å². The van der Waals surface area contributed by atoms with Gasteiger partial charge in [-0.25, -0.2) is 14.2 Å². The molecule has 1 unspecified atom stereocenters. The second-order valence-corrected chi connectivity index (χ2v) is 2.92. The normalized spacial score (nSPS) is 12.9. The van der Waals surface area contributed by atoms with Crippen molar-refractivity contribution in [2.75, 3.05) is 0 Å². The van der Waals surface area contributed by atoms with E-state index in [9.17, 15) is 8.78 Å². The van der Waals surface area contributed by atoms with Crippen LogP contribution in [0, 0.1) is 11.6 Å². The first kappa shape index (κ1) is 11.0. The molecule has 0 fully saturated rings. The zero-order valence-corrected chi connectivity index (χ0v) is 7.72. The molecule has 3 N–H and O–H groups in total. The lowest BCUT2D eigenvalue weighted by Crippen LogP contribution is -2.38. The van der Waals surface area contributed by atoms with Gasteiger partial charge in [0.15, 0.2) is 11.6 Å². The lowest BCUT2D eigenvalue weighted by atomic mass is 10.2. The highest BCUT2D eigenvalue weighted by molar-refractivity contribution is 5.17. The maximum absolute atomic E-state index is 12.7. The van der Waals surface area contributed by atoms with Crippen molar-refractivity contribution in [3.8, 4) is 0 Å². The van der Waals surface area contributed by atoms with Gasteiger partial charge in [0, 0.05) is 6.54 Å². The van der Waals surface area contributed by atoms with Crippen LogP contribution in [0.15, 0.2) is 18.2 Å². The standard InChI is InChI=1S/C9H12F2N2O/c1-6(14)13-12-5-7-2-3-8(10)9(11)4-7/h2-4,6,12-14H,5H2,1H3. The van der Waals surface area contributed by atoms with E-state index in [1.807, 2.05) is 0 Å². The Morgan fingerprint density at radius 1 is 1.36 bits per heavy atom. The van der Waals surface area contributed by atoms with Crippen molar-refractivity contribution >= 4 is 0 Å². The molecule has 0 aromatic heterocycles. The molecule has 1 aromatic rings. The minimum absolute atomic E-state index is 0.308. The van der Waals surface area contributed by atoms with E-state index in [0.29, 0.717) is 12.1 Å². The molecule has 0 amide bonds. The van der Waals surface area contributed by atoms with Crippen LogP contribution in [0.5, 0.6) is 0 Å². The van der Waals surface area contributed by atoms with Crippen molar-refractivity contribution in [1.29, 1.82) is 0 Å². The number of hydrazine groups is 1. The fraction of sp³-hybridized carbons (Fsp3) is 0.333. The molecule has 0 bridgehead atoms. The summed E-state index contributed by atoms with van der Waals surface area (Å²) >= 11 is 0. The summed E-state index contributed by atoms with van der Waals surface area (Å²) in [7, 11) is 0. The molecule has 3 nitrogen and oxygen atoms in total. The van der Waals surface area contributed by atoms with Gasteiger partial charge in [-0.05, 0) is 24.6 Å². The van der Waals surface area contributed by atoms with Gasteiger partial charge in [0.05, 0.1) is 0 Å². The third-order valence-corrected chi connectivity index (χ3v) is 1.59. The van der Waals surface area contributed by atoms with Gasteiger partial charge < -0.3 is 5.11 Å². The van der Waals surface area contributed by atoms with E-state index in [2.05, 4.69) is 10.9 Å². The van der Waals surface area contributed by atoms with Gasteiger partial charge in [-0.2, -0.15) is 0 Å². The minimum atomic E-state index is -0.874. The molecule has 0 spiro atoms. The fourth-order valence-corrected chi connectivity index (χ4v) is 0.950. The largest absolute Gasteiger partial charge is 0.378 e. The first-order valence-electron chi connectivity index (χ1n) is 4.20. The molecular weight excluding hydrogens is 190 g/mol. The SMILES string of the molecule is CC(O)NNCc1ccc(F)c(F)c1. The summed E-state index contributed by atoms with van der Waals surface area (Å²) in [6, 6.07) is 3.63. The molecule has 0 aliphatic carbocycles. The lowest BCUT2D eigenvalue weighted by Gasteiger charge is -2.09. The van der Waals surface area contributed by atoms with Crippen LogP contribution in [0.25, 0.3) is 0 Å². The maximum Gasteiger partial charge on any atom is 0.159 e. The van der Waals surface area contributed by atoms with E-state index in [1.165, 1.54) is 13.0 Å². The van der Waals surface area contributed by atoms with E-state index < -0.39 is 17.9 Å². The number of halogens is 2. The van der Waals surface area contributed by atoms with Crippen LogP contribution in [-0.2, 0) is 6.54 Å². The van der Waals surface area contributed by atoms with Gasteiger partial charge >= 0.3 is 0 Å². The first-order chi connectivity index (χ1) is 6.59. The second kappa shape index (κ2) is 4.99. The summed E-state index contributed by atoms with van der Waals surface area (Å²) in [5.41, 5.74) is 5.77. The van der Waals surface area contributed by atoms with Crippen molar-refractivity contribution in [1.82, 2.24) is 10.9 Å². The van der Waals surface area contributed by atoms with E-state index in [0.717, 1.165) is 12.1 Å². The molecule has 0 radical (unpaired) electrons. The van der Waals surface area contributed by atoms with Crippen LogP contribution < -0.4 is 10.9 Å². The van der Waals surface area contributed by atoms with E-state index in [4.69, 9.17) is 5.11 Å². The summed E-state index contributed by atoms with van der Waals surface area (Å²) in [5, 5.41) is 8.82. The Bertz CT molecular complexity index is 305. The van der Waals surface area contributed by atoms with Crippen LogP contribution in [0.4, 0.5) is 8.78 Å². The Kier molecular flexibility index (Phi) is 3.94. The van der Waals surface area contributed by atoms with Crippen molar-refractivity contribution in [2.24, 2.45) is 0 Å². The fourth-order valence-electron chi connectivity index (χ4n) is 0.950. The number of hydrogen-bond acceptors (Lipinski definition) is 3. The lowest BCUT2D eigenvalue weighted by molar-refractivity contribution is 0.136. The van der Waals surface area contributed by atoms with Gasteiger partial charge in [-0.3, -0.25) is 5.43 Å². The average molecular weight is 202 g/mol. The third kappa shape index (κ3) is 3.37. The van der Waals surface area contributed by atoms with Crippen LogP contribution in [0.3, 0.4) is 0 Å². The molecule has 5 heteroatoms. The first-order valence-corrected chi connectivity index (χ1v) is 4.20. The van der Waals surface area contributed by atoms with Crippen LogP contribution in [0.1, 0.15) is 12.5 Å². The van der Waals surface area contributed by atoms with Crippen LogP contribution in [0.2, 0.25) is 0 Å². The van der Waals surface area contributed by atoms with Crippen molar-refractivity contribution in [3.05, 3.63) is 35.4 Å². The van der Waals surface area contributed by atoms with Crippen LogP contribution in [-0.4, -0.2) is 11.3 Å². The number of aliphatic hydroxyl groups excluding tert-OH is 1. The Balaban J connectivity index is 2.47. The molecule has 14 heavy (non-hydrogen) atoms. The molecule has 0 saturated heterocycles. The summed E-state index contributed by atoms with van der Waals surface area (Å²) in [4.78, 5) is 0. The van der Waals surface area contributed by atoms with Crippen molar-refractivity contribution in [3.63, 3.8) is 0 Å². The Hall–Kier alpha value is -1.04. The predicted octanol–water partition coefficient (Wildman–Crippen LogP) is 0.897. The minimum Gasteiger partial charge on any atom is -0.378 e. The zero-order chi connectivity index (χ0) is 10.6. The monoisotopic (exact) mass is 202 g/mol. The summed E-state index contributed by atoms with van der Waals surface area (Å²) in [5.74, 6) is -1.74. The smallest absolute Gasteiger partial charge is 0.159 e. The van der Waals surface area contributed by atoms with Crippen molar-refractivity contribution in [2.45, 2.75) is 19.7 Å². The Morgan fingerprint density at radius 3 is 2.64 bits per heavy atom. The maximum atomic E-state index is 12.7. The van der Waals surface area contributed by atoms with Gasteiger partial charge in [-0.15, -0.1) is 0 Å². The summed E-state index contributed by atoms with van der Waals surface area (Å²) in [6.45, 7) is 1.85. The van der Waals surface area contributed by atoms with Crippen LogP contribution >= 0.6 is 0 Å². The quantitative estimate of drug-likeness (QED) is 0.502. The van der Waals surface area contributed by atoms with Gasteiger partial charge in [0.1, 0.15) is 6.23 Å². The molecule has 0 aliphatic rings. The van der Waals surface area contributed by atoms with E-state index in [1.54, 1.807) is 0 Å². The molecule has 78 valence electrons. The second-order valence-electron chi connectivity index (χ2n) is 2.92. The predicted molar refractivity (Wildman–Crippen MR) is 48.0 cm³/mol. The molecular formula is C9H12F2N2O.